The molecule has 32 heavy (non-hydrogen) atoms. The monoisotopic (exact) mass is 478 g/mol. The van der Waals surface area contributed by atoms with E-state index in [-0.39, 0.29) is 23.5 Å². The average Bonchev–Trinajstić information content (AvgIpc) is 3.07. The molecule has 13 heteroatoms. The van der Waals surface area contributed by atoms with Crippen LogP contribution >= 0.6 is 22.9 Å². The molecule has 0 aliphatic rings. The van der Waals surface area contributed by atoms with Crippen LogP contribution in [0.25, 0.3) is 10.2 Å². The smallest absolute Gasteiger partial charge is 0.326 e. The second kappa shape index (κ2) is 9.24. The molecular weight excluding hydrogens is 464 g/mol. The van der Waals surface area contributed by atoms with Crippen LogP contribution < -0.4 is 4.80 Å². The molecule has 0 N–H and O–H groups in total. The minimum absolute atomic E-state index is 0.109. The van der Waals surface area contributed by atoms with Crippen molar-refractivity contribution in [1.29, 1.82) is 0 Å². The standard InChI is InChI=1S/C19H15ClN4O7S/c1-3-31-16(25)9-22-17-10(2)14(20)4-5-15(17)32-19(22)21-18(26)11-6-12(23(27)28)8-13(7-11)24(29)30/h4-8H,3,9H2,1-2H3. The van der Waals surface area contributed by atoms with Gasteiger partial charge in [0.25, 0.3) is 17.3 Å². The zero-order valence-electron chi connectivity index (χ0n) is 16.7. The summed E-state index contributed by atoms with van der Waals surface area (Å²) in [6, 6.07) is 5.94. The van der Waals surface area contributed by atoms with Crippen LogP contribution in [-0.2, 0) is 16.1 Å². The van der Waals surface area contributed by atoms with E-state index < -0.39 is 33.1 Å². The van der Waals surface area contributed by atoms with Gasteiger partial charge in [0.15, 0.2) is 4.80 Å². The zero-order chi connectivity index (χ0) is 23.6. The number of carbonyl (C=O) groups excluding carboxylic acids is 2. The van der Waals surface area contributed by atoms with Crippen LogP contribution in [0.2, 0.25) is 5.02 Å². The van der Waals surface area contributed by atoms with Crippen molar-refractivity contribution in [3.63, 3.8) is 0 Å². The summed E-state index contributed by atoms with van der Waals surface area (Å²) < 4.78 is 7.15. The number of amides is 1. The van der Waals surface area contributed by atoms with Crippen molar-refractivity contribution in [1.82, 2.24) is 4.57 Å². The summed E-state index contributed by atoms with van der Waals surface area (Å²) in [5, 5.41) is 22.7. The number of nitro benzene ring substituents is 2. The van der Waals surface area contributed by atoms with Crippen molar-refractivity contribution in [3.8, 4) is 0 Å². The van der Waals surface area contributed by atoms with E-state index in [1.54, 1.807) is 26.0 Å². The van der Waals surface area contributed by atoms with Crippen LogP contribution in [0.5, 0.6) is 0 Å². The first kappa shape index (κ1) is 23.0. The Kier molecular flexibility index (Phi) is 6.65. The lowest BCUT2D eigenvalue weighted by atomic mass is 10.1. The van der Waals surface area contributed by atoms with Gasteiger partial charge in [0.1, 0.15) is 6.54 Å². The highest BCUT2D eigenvalue weighted by molar-refractivity contribution is 7.16. The lowest BCUT2D eigenvalue weighted by molar-refractivity contribution is -0.394. The molecule has 0 fully saturated rings. The van der Waals surface area contributed by atoms with Crippen molar-refractivity contribution in [2.24, 2.45) is 4.99 Å². The Balaban J connectivity index is 2.21. The largest absolute Gasteiger partial charge is 0.465 e. The van der Waals surface area contributed by atoms with Gasteiger partial charge < -0.3 is 9.30 Å². The molecule has 0 aliphatic carbocycles. The number of nitrogens with zero attached hydrogens (tertiary/aromatic N) is 4. The van der Waals surface area contributed by atoms with Crippen molar-refractivity contribution in [2.75, 3.05) is 6.61 Å². The third-order valence-corrected chi connectivity index (χ3v) is 5.84. The quantitative estimate of drug-likeness (QED) is 0.297. The van der Waals surface area contributed by atoms with Crippen LogP contribution in [0.3, 0.4) is 0 Å². The second-order valence-electron chi connectivity index (χ2n) is 6.46. The van der Waals surface area contributed by atoms with Gasteiger partial charge >= 0.3 is 5.97 Å². The summed E-state index contributed by atoms with van der Waals surface area (Å²) in [6.07, 6.45) is 0. The van der Waals surface area contributed by atoms with E-state index in [1.807, 2.05) is 0 Å². The highest BCUT2D eigenvalue weighted by Gasteiger charge is 2.21. The van der Waals surface area contributed by atoms with E-state index in [4.69, 9.17) is 16.3 Å². The average molecular weight is 479 g/mol. The molecule has 0 radical (unpaired) electrons. The van der Waals surface area contributed by atoms with Gasteiger partial charge in [-0.15, -0.1) is 0 Å². The topological polar surface area (TPSA) is 147 Å². The number of halogens is 1. The molecular formula is C19H15ClN4O7S. The van der Waals surface area contributed by atoms with Gasteiger partial charge in [-0.25, -0.2) is 0 Å². The number of carbonyl (C=O) groups is 2. The third-order valence-electron chi connectivity index (χ3n) is 4.39. The molecule has 3 rings (SSSR count). The number of nitro groups is 2. The predicted octanol–water partition coefficient (Wildman–Crippen LogP) is 3.79. The number of esters is 1. The zero-order valence-corrected chi connectivity index (χ0v) is 18.3. The van der Waals surface area contributed by atoms with E-state index in [0.717, 1.165) is 29.5 Å². The first-order valence-electron chi connectivity index (χ1n) is 9.09. The molecule has 0 unspecified atom stereocenters. The van der Waals surface area contributed by atoms with Gasteiger partial charge in [0.2, 0.25) is 0 Å². The van der Waals surface area contributed by atoms with Gasteiger partial charge in [0, 0.05) is 17.2 Å². The summed E-state index contributed by atoms with van der Waals surface area (Å²) in [6.45, 7) is 3.30. The van der Waals surface area contributed by atoms with Crippen molar-refractivity contribution in [3.05, 3.63) is 71.5 Å². The molecule has 0 spiro atoms. The van der Waals surface area contributed by atoms with Crippen LogP contribution in [0.4, 0.5) is 11.4 Å². The van der Waals surface area contributed by atoms with Crippen molar-refractivity contribution >= 4 is 56.4 Å². The molecule has 2 aromatic carbocycles. The fourth-order valence-corrected chi connectivity index (χ4v) is 4.20. The molecule has 3 aromatic rings. The minimum Gasteiger partial charge on any atom is -0.465 e. The fourth-order valence-electron chi connectivity index (χ4n) is 2.96. The number of ether oxygens (including phenoxy) is 1. The minimum atomic E-state index is -0.940. The number of fused-ring (bicyclic) bond motifs is 1. The first-order valence-corrected chi connectivity index (χ1v) is 10.3. The van der Waals surface area contributed by atoms with Crippen LogP contribution in [0, 0.1) is 27.2 Å². The molecule has 0 atom stereocenters. The molecule has 0 saturated heterocycles. The Morgan fingerprint density at radius 1 is 1.16 bits per heavy atom. The fraction of sp³-hybridized carbons (Fsp3) is 0.211. The molecule has 1 aromatic heterocycles. The van der Waals surface area contributed by atoms with Crippen LogP contribution in [0.1, 0.15) is 22.8 Å². The maximum absolute atomic E-state index is 12.8. The highest BCUT2D eigenvalue weighted by Crippen LogP contribution is 2.28. The summed E-state index contributed by atoms with van der Waals surface area (Å²) in [4.78, 5) is 49.6. The van der Waals surface area contributed by atoms with Crippen molar-refractivity contribution in [2.45, 2.75) is 20.4 Å². The lowest BCUT2D eigenvalue weighted by Crippen LogP contribution is -2.23. The van der Waals surface area contributed by atoms with Gasteiger partial charge in [-0.1, -0.05) is 22.9 Å². The number of hydrogen-bond donors (Lipinski definition) is 0. The van der Waals surface area contributed by atoms with E-state index in [9.17, 15) is 29.8 Å². The summed E-state index contributed by atoms with van der Waals surface area (Å²) in [7, 11) is 0. The third kappa shape index (κ3) is 4.65. The number of aromatic nitrogens is 1. The number of hydrogen-bond acceptors (Lipinski definition) is 8. The molecule has 0 saturated carbocycles. The van der Waals surface area contributed by atoms with Crippen LogP contribution in [-0.4, -0.2) is 32.9 Å². The summed E-state index contributed by atoms with van der Waals surface area (Å²) in [5.74, 6) is -1.50. The molecule has 0 aliphatic heterocycles. The highest BCUT2D eigenvalue weighted by atomic mass is 35.5. The SMILES string of the molecule is CCOC(=O)Cn1c(=NC(=O)c2cc([N+](=O)[O-])cc([N+](=O)[O-])c2)sc2ccc(Cl)c(C)c21. The van der Waals surface area contributed by atoms with E-state index in [0.29, 0.717) is 20.8 Å². The first-order chi connectivity index (χ1) is 15.1. The van der Waals surface area contributed by atoms with Crippen LogP contribution in [0.15, 0.2) is 35.3 Å². The number of benzene rings is 2. The Labute approximate surface area is 188 Å². The maximum atomic E-state index is 12.8. The van der Waals surface area contributed by atoms with Gasteiger partial charge in [-0.2, -0.15) is 4.99 Å². The number of non-ortho nitro benzene ring substituents is 2. The Morgan fingerprint density at radius 2 is 1.78 bits per heavy atom. The Bertz CT molecular complexity index is 1310. The van der Waals surface area contributed by atoms with E-state index in [1.165, 1.54) is 4.57 Å². The molecule has 1 heterocycles. The van der Waals surface area contributed by atoms with Gasteiger partial charge in [0.05, 0.1) is 38.3 Å². The lowest BCUT2D eigenvalue weighted by Gasteiger charge is -2.08. The van der Waals surface area contributed by atoms with Gasteiger partial charge in [-0.3, -0.25) is 29.8 Å². The van der Waals surface area contributed by atoms with Crippen molar-refractivity contribution < 1.29 is 24.2 Å². The van der Waals surface area contributed by atoms with Gasteiger partial charge in [-0.05, 0) is 31.5 Å². The van der Waals surface area contributed by atoms with E-state index >= 15 is 0 Å². The maximum Gasteiger partial charge on any atom is 0.326 e. The van der Waals surface area contributed by atoms with E-state index in [2.05, 4.69) is 4.99 Å². The number of thiazole rings is 1. The number of aryl methyl sites for hydroxylation is 1. The normalized spacial score (nSPS) is 11.5. The predicted molar refractivity (Wildman–Crippen MR) is 116 cm³/mol. The molecule has 11 nitrogen and oxygen atoms in total. The molecule has 0 bridgehead atoms. The Morgan fingerprint density at radius 3 is 2.34 bits per heavy atom. The summed E-state index contributed by atoms with van der Waals surface area (Å²) in [5.41, 5.74) is -0.329. The summed E-state index contributed by atoms with van der Waals surface area (Å²) >= 11 is 7.30. The Hall–Kier alpha value is -3.64. The second-order valence-corrected chi connectivity index (χ2v) is 7.88. The molecule has 1 amide bonds. The number of rotatable bonds is 6. The molecule has 166 valence electrons.